The topological polar surface area (TPSA) is 43.6 Å². The molecule has 0 radical (unpaired) electrons. The number of aryl methyl sites for hydroxylation is 2. The van der Waals surface area contributed by atoms with E-state index in [2.05, 4.69) is 15.1 Å². The van der Waals surface area contributed by atoms with E-state index < -0.39 is 0 Å². The fraction of sp³-hybridized carbons (Fsp3) is 0.222. The minimum absolute atomic E-state index is 0.767. The van der Waals surface area contributed by atoms with E-state index in [1.165, 1.54) is 0 Å². The van der Waals surface area contributed by atoms with E-state index >= 15 is 0 Å². The predicted octanol–water partition coefficient (Wildman–Crippen LogP) is 1.28. The molecule has 0 unspecified atom stereocenters. The molecule has 2 heterocycles. The quantitative estimate of drug-likeness (QED) is 0.654. The average Bonchev–Trinajstić information content (AvgIpc) is 2.47. The van der Waals surface area contributed by atoms with Crippen LogP contribution in [-0.2, 0) is 0 Å². The van der Waals surface area contributed by atoms with Gasteiger partial charge in [-0.05, 0) is 26.0 Å². The van der Waals surface area contributed by atoms with Gasteiger partial charge in [-0.3, -0.25) is 0 Å². The van der Waals surface area contributed by atoms with Crippen molar-refractivity contribution in [3.63, 3.8) is 0 Å². The molecule has 0 bridgehead atoms. The van der Waals surface area contributed by atoms with Gasteiger partial charge in [0.15, 0.2) is 5.82 Å². The van der Waals surface area contributed by atoms with Crippen LogP contribution in [0.1, 0.15) is 11.6 Å². The van der Waals surface area contributed by atoms with Crippen molar-refractivity contribution in [3.05, 3.63) is 36.0 Å². The normalized spacial score (nSPS) is 10.3. The van der Waals surface area contributed by atoms with E-state index in [4.69, 9.17) is 0 Å². The van der Waals surface area contributed by atoms with Gasteiger partial charge in [0.1, 0.15) is 11.6 Å². The third-order valence-electron chi connectivity index (χ3n) is 1.74. The molecule has 0 saturated carbocycles. The van der Waals surface area contributed by atoms with E-state index in [1.54, 1.807) is 10.9 Å². The molecule has 0 saturated heterocycles. The molecule has 66 valence electrons. The van der Waals surface area contributed by atoms with Crippen molar-refractivity contribution < 1.29 is 0 Å². The van der Waals surface area contributed by atoms with Gasteiger partial charge in [-0.2, -0.15) is 4.68 Å². The fourth-order valence-electron chi connectivity index (χ4n) is 1.22. The molecule has 4 nitrogen and oxygen atoms in total. The van der Waals surface area contributed by atoms with Crippen molar-refractivity contribution in [2.75, 3.05) is 0 Å². The summed E-state index contributed by atoms with van der Waals surface area (Å²) in [6, 6.07) is 5.71. The summed E-state index contributed by atoms with van der Waals surface area (Å²) in [4.78, 5) is 8.38. The standard InChI is InChI=1S/C9H10N4/c1-7-11-8(2)13(12-7)9-5-3-4-6-10-9/h3-6H,1-2H3. The van der Waals surface area contributed by atoms with E-state index in [0.717, 1.165) is 17.5 Å². The molecular weight excluding hydrogens is 164 g/mol. The Morgan fingerprint density at radius 3 is 2.62 bits per heavy atom. The van der Waals surface area contributed by atoms with Gasteiger partial charge < -0.3 is 0 Å². The lowest BCUT2D eigenvalue weighted by Crippen LogP contribution is -2.01. The molecular formula is C9H10N4. The van der Waals surface area contributed by atoms with Crippen molar-refractivity contribution in [1.29, 1.82) is 0 Å². The highest BCUT2D eigenvalue weighted by Crippen LogP contribution is 2.04. The Morgan fingerprint density at radius 1 is 1.23 bits per heavy atom. The summed E-state index contributed by atoms with van der Waals surface area (Å²) in [5, 5.41) is 4.22. The van der Waals surface area contributed by atoms with Crippen LogP contribution in [0.2, 0.25) is 0 Å². The first-order chi connectivity index (χ1) is 6.27. The summed E-state index contributed by atoms with van der Waals surface area (Å²) in [5.74, 6) is 2.43. The number of hydrogen-bond acceptors (Lipinski definition) is 3. The Kier molecular flexibility index (Phi) is 1.81. The summed E-state index contributed by atoms with van der Waals surface area (Å²) >= 11 is 0. The van der Waals surface area contributed by atoms with Crippen LogP contribution in [0.3, 0.4) is 0 Å². The van der Waals surface area contributed by atoms with Crippen LogP contribution in [0.5, 0.6) is 0 Å². The minimum Gasteiger partial charge on any atom is -0.237 e. The number of hydrogen-bond donors (Lipinski definition) is 0. The molecule has 0 N–H and O–H groups in total. The van der Waals surface area contributed by atoms with Crippen molar-refractivity contribution in [1.82, 2.24) is 19.7 Å². The van der Waals surface area contributed by atoms with Crippen molar-refractivity contribution in [2.24, 2.45) is 0 Å². The van der Waals surface area contributed by atoms with E-state index in [0.29, 0.717) is 0 Å². The van der Waals surface area contributed by atoms with Crippen LogP contribution in [0.15, 0.2) is 24.4 Å². The smallest absolute Gasteiger partial charge is 0.155 e. The zero-order valence-electron chi connectivity index (χ0n) is 7.60. The molecule has 0 aliphatic heterocycles. The fourth-order valence-corrected chi connectivity index (χ4v) is 1.22. The second-order valence-corrected chi connectivity index (χ2v) is 2.81. The average molecular weight is 174 g/mol. The monoisotopic (exact) mass is 174 g/mol. The predicted molar refractivity (Wildman–Crippen MR) is 48.6 cm³/mol. The molecule has 2 aromatic heterocycles. The second-order valence-electron chi connectivity index (χ2n) is 2.81. The van der Waals surface area contributed by atoms with Crippen LogP contribution in [0.4, 0.5) is 0 Å². The molecule has 2 rings (SSSR count). The molecule has 0 amide bonds. The first kappa shape index (κ1) is 7.91. The maximum atomic E-state index is 4.22. The zero-order valence-corrected chi connectivity index (χ0v) is 7.60. The highest BCUT2D eigenvalue weighted by Gasteiger charge is 2.04. The van der Waals surface area contributed by atoms with Crippen molar-refractivity contribution >= 4 is 0 Å². The van der Waals surface area contributed by atoms with Crippen LogP contribution in [-0.4, -0.2) is 19.7 Å². The molecule has 0 aliphatic rings. The van der Waals surface area contributed by atoms with Crippen LogP contribution in [0.25, 0.3) is 5.82 Å². The molecule has 4 heteroatoms. The van der Waals surface area contributed by atoms with Crippen molar-refractivity contribution in [3.8, 4) is 5.82 Å². The molecule has 0 fully saturated rings. The third kappa shape index (κ3) is 1.42. The molecule has 13 heavy (non-hydrogen) atoms. The number of rotatable bonds is 1. The van der Waals surface area contributed by atoms with Crippen molar-refractivity contribution in [2.45, 2.75) is 13.8 Å². The lowest BCUT2D eigenvalue weighted by molar-refractivity contribution is 0.803. The first-order valence-electron chi connectivity index (χ1n) is 4.09. The maximum Gasteiger partial charge on any atom is 0.155 e. The van der Waals surface area contributed by atoms with Gasteiger partial charge in [0.25, 0.3) is 0 Å². The summed E-state index contributed by atoms with van der Waals surface area (Å²) in [6.45, 7) is 3.78. The Labute approximate surface area is 76.3 Å². The molecule has 0 spiro atoms. The van der Waals surface area contributed by atoms with Gasteiger partial charge in [-0.15, -0.1) is 5.10 Å². The summed E-state index contributed by atoms with van der Waals surface area (Å²) < 4.78 is 1.73. The lowest BCUT2D eigenvalue weighted by Gasteiger charge is -1.99. The van der Waals surface area contributed by atoms with Crippen LogP contribution >= 0.6 is 0 Å². The zero-order chi connectivity index (χ0) is 9.26. The molecule has 0 atom stereocenters. The highest BCUT2D eigenvalue weighted by atomic mass is 15.4. The highest BCUT2D eigenvalue weighted by molar-refractivity contribution is 5.21. The van der Waals surface area contributed by atoms with Crippen LogP contribution < -0.4 is 0 Å². The van der Waals surface area contributed by atoms with E-state index in [1.807, 2.05) is 32.0 Å². The number of pyridine rings is 1. The summed E-state index contributed by atoms with van der Waals surface area (Å²) in [7, 11) is 0. The Morgan fingerprint density at radius 2 is 2.08 bits per heavy atom. The molecule has 0 aliphatic carbocycles. The van der Waals surface area contributed by atoms with Gasteiger partial charge in [-0.25, -0.2) is 9.97 Å². The van der Waals surface area contributed by atoms with Crippen LogP contribution in [0, 0.1) is 13.8 Å². The number of nitrogens with zero attached hydrogens (tertiary/aromatic N) is 4. The van der Waals surface area contributed by atoms with E-state index in [-0.39, 0.29) is 0 Å². The number of aromatic nitrogens is 4. The van der Waals surface area contributed by atoms with Gasteiger partial charge >= 0.3 is 0 Å². The van der Waals surface area contributed by atoms with Gasteiger partial charge in [-0.1, -0.05) is 6.07 Å². The first-order valence-corrected chi connectivity index (χ1v) is 4.09. The third-order valence-corrected chi connectivity index (χ3v) is 1.74. The maximum absolute atomic E-state index is 4.22. The van der Waals surface area contributed by atoms with E-state index in [9.17, 15) is 0 Å². The lowest BCUT2D eigenvalue weighted by atomic mass is 10.4. The van der Waals surface area contributed by atoms with Gasteiger partial charge in [0.05, 0.1) is 0 Å². The Bertz CT molecular complexity index is 405. The SMILES string of the molecule is Cc1nc(C)n(-c2ccccn2)n1. The molecule has 0 aromatic carbocycles. The largest absolute Gasteiger partial charge is 0.237 e. The van der Waals surface area contributed by atoms with Gasteiger partial charge in [0.2, 0.25) is 0 Å². The minimum atomic E-state index is 0.767. The summed E-state index contributed by atoms with van der Waals surface area (Å²) in [5.41, 5.74) is 0. The Balaban J connectivity index is 2.53. The summed E-state index contributed by atoms with van der Waals surface area (Å²) in [6.07, 6.45) is 1.74. The molecule has 2 aromatic rings. The second kappa shape index (κ2) is 2.97. The van der Waals surface area contributed by atoms with Gasteiger partial charge in [0, 0.05) is 6.20 Å². The Hall–Kier alpha value is -1.71.